The van der Waals surface area contributed by atoms with Gasteiger partial charge in [0.05, 0.1) is 11.8 Å². The topological polar surface area (TPSA) is 82.8 Å². The van der Waals surface area contributed by atoms with Crippen LogP contribution < -0.4 is 5.73 Å². The maximum absolute atomic E-state index is 5.74. The molecule has 0 unspecified atom stereocenters. The number of benzene rings is 1. The van der Waals surface area contributed by atoms with Gasteiger partial charge in [0, 0.05) is 29.0 Å². The Morgan fingerprint density at radius 2 is 2.16 bits per heavy atom. The zero-order chi connectivity index (χ0) is 13.4. The van der Waals surface area contributed by atoms with E-state index in [0.717, 1.165) is 15.6 Å². The molecule has 0 aliphatic rings. The van der Waals surface area contributed by atoms with Crippen LogP contribution in [0.5, 0.6) is 0 Å². The van der Waals surface area contributed by atoms with E-state index in [1.54, 1.807) is 16.9 Å². The molecule has 0 bridgehead atoms. The fourth-order valence-electron chi connectivity index (χ4n) is 1.65. The van der Waals surface area contributed by atoms with Crippen molar-refractivity contribution in [3.05, 3.63) is 35.1 Å². The van der Waals surface area contributed by atoms with Crippen molar-refractivity contribution >= 4 is 21.6 Å². The van der Waals surface area contributed by atoms with Gasteiger partial charge in [0.25, 0.3) is 5.89 Å². The smallest absolute Gasteiger partial charge is 0.258 e. The largest absolute Gasteiger partial charge is 0.398 e. The molecule has 2 heterocycles. The van der Waals surface area contributed by atoms with Crippen molar-refractivity contribution in [2.45, 2.75) is 0 Å². The summed E-state index contributed by atoms with van der Waals surface area (Å²) in [5.41, 5.74) is 8.03. The Balaban J connectivity index is 1.98. The molecule has 96 valence electrons. The molecule has 0 saturated heterocycles. The number of hydrogen-bond acceptors (Lipinski definition) is 5. The van der Waals surface area contributed by atoms with Gasteiger partial charge in [-0.2, -0.15) is 10.1 Å². The Labute approximate surface area is 117 Å². The van der Waals surface area contributed by atoms with Gasteiger partial charge in [0.2, 0.25) is 5.82 Å². The highest BCUT2D eigenvalue weighted by atomic mass is 79.9. The molecule has 0 saturated carbocycles. The van der Waals surface area contributed by atoms with E-state index in [1.165, 1.54) is 0 Å². The summed E-state index contributed by atoms with van der Waals surface area (Å²) in [5, 5.41) is 8.01. The number of hydrogen-bond donors (Lipinski definition) is 1. The summed E-state index contributed by atoms with van der Waals surface area (Å²) in [7, 11) is 1.83. The van der Waals surface area contributed by atoms with Crippen LogP contribution in [0.25, 0.3) is 22.8 Å². The van der Waals surface area contributed by atoms with Gasteiger partial charge in [0.15, 0.2) is 0 Å². The number of aryl methyl sites for hydroxylation is 1. The van der Waals surface area contributed by atoms with Crippen LogP contribution in [0.3, 0.4) is 0 Å². The predicted octanol–water partition coefficient (Wildman–Crippen LogP) is 2.48. The van der Waals surface area contributed by atoms with Gasteiger partial charge in [-0.3, -0.25) is 4.68 Å². The third-order valence-corrected chi connectivity index (χ3v) is 3.32. The van der Waals surface area contributed by atoms with Crippen molar-refractivity contribution in [1.82, 2.24) is 19.9 Å². The normalized spacial score (nSPS) is 10.8. The summed E-state index contributed by atoms with van der Waals surface area (Å²) in [4.78, 5) is 4.34. The first-order valence-electron chi connectivity index (χ1n) is 5.51. The quantitative estimate of drug-likeness (QED) is 0.734. The lowest BCUT2D eigenvalue weighted by Crippen LogP contribution is -1.87. The molecule has 1 aromatic carbocycles. The van der Waals surface area contributed by atoms with Gasteiger partial charge >= 0.3 is 0 Å². The zero-order valence-electron chi connectivity index (χ0n) is 10.0. The highest BCUT2D eigenvalue weighted by molar-refractivity contribution is 9.10. The van der Waals surface area contributed by atoms with E-state index in [1.807, 2.05) is 25.4 Å². The Kier molecular flexibility index (Phi) is 2.83. The lowest BCUT2D eigenvalue weighted by atomic mass is 10.2. The number of halogens is 1. The molecule has 0 atom stereocenters. The predicted molar refractivity (Wildman–Crippen MR) is 74.0 cm³/mol. The molecule has 19 heavy (non-hydrogen) atoms. The highest BCUT2D eigenvalue weighted by Gasteiger charge is 2.12. The summed E-state index contributed by atoms with van der Waals surface area (Å²) in [6.45, 7) is 0. The van der Waals surface area contributed by atoms with Crippen LogP contribution in [0, 0.1) is 0 Å². The fraction of sp³-hybridized carbons (Fsp3) is 0.0833. The number of anilines is 1. The van der Waals surface area contributed by atoms with Gasteiger partial charge in [-0.1, -0.05) is 5.16 Å². The van der Waals surface area contributed by atoms with Gasteiger partial charge in [-0.05, 0) is 34.1 Å². The lowest BCUT2D eigenvalue weighted by Gasteiger charge is -1.98. The number of rotatable bonds is 2. The SMILES string of the molecule is Cn1cc(-c2noc(-c3ccc(N)c(Br)c3)n2)cn1. The van der Waals surface area contributed by atoms with Crippen LogP contribution in [0.1, 0.15) is 0 Å². The highest BCUT2D eigenvalue weighted by Crippen LogP contribution is 2.27. The van der Waals surface area contributed by atoms with Crippen LogP contribution >= 0.6 is 15.9 Å². The van der Waals surface area contributed by atoms with Crippen molar-refractivity contribution in [2.75, 3.05) is 5.73 Å². The van der Waals surface area contributed by atoms with Crippen molar-refractivity contribution in [1.29, 1.82) is 0 Å². The second kappa shape index (κ2) is 4.51. The Morgan fingerprint density at radius 3 is 2.84 bits per heavy atom. The minimum absolute atomic E-state index is 0.444. The minimum atomic E-state index is 0.444. The first-order chi connectivity index (χ1) is 9.13. The first-order valence-corrected chi connectivity index (χ1v) is 6.31. The maximum atomic E-state index is 5.74. The van der Waals surface area contributed by atoms with Crippen molar-refractivity contribution in [3.63, 3.8) is 0 Å². The lowest BCUT2D eigenvalue weighted by molar-refractivity contribution is 0.432. The molecule has 0 spiro atoms. The van der Waals surface area contributed by atoms with E-state index in [2.05, 4.69) is 31.2 Å². The van der Waals surface area contributed by atoms with E-state index in [9.17, 15) is 0 Å². The molecule has 0 amide bonds. The average molecular weight is 320 g/mol. The molecule has 0 aliphatic heterocycles. The van der Waals surface area contributed by atoms with Crippen LogP contribution in [0.4, 0.5) is 5.69 Å². The van der Waals surface area contributed by atoms with Gasteiger partial charge < -0.3 is 10.3 Å². The average Bonchev–Trinajstić information content (AvgIpc) is 3.01. The standard InChI is InChI=1S/C12H10BrN5O/c1-18-6-8(5-15-18)11-16-12(19-17-11)7-2-3-10(14)9(13)4-7/h2-6H,14H2,1H3. The van der Waals surface area contributed by atoms with Crippen molar-refractivity contribution < 1.29 is 4.52 Å². The van der Waals surface area contributed by atoms with E-state index in [-0.39, 0.29) is 0 Å². The third-order valence-electron chi connectivity index (χ3n) is 2.64. The Morgan fingerprint density at radius 1 is 1.32 bits per heavy atom. The molecule has 0 fully saturated rings. The summed E-state index contributed by atoms with van der Waals surface area (Å²) in [5.74, 6) is 0.954. The molecule has 0 radical (unpaired) electrons. The summed E-state index contributed by atoms with van der Waals surface area (Å²) in [6.07, 6.45) is 3.51. The third kappa shape index (κ3) is 2.24. The van der Waals surface area contributed by atoms with Crippen LogP contribution in [-0.4, -0.2) is 19.9 Å². The molecular weight excluding hydrogens is 310 g/mol. The first kappa shape index (κ1) is 11.9. The van der Waals surface area contributed by atoms with Gasteiger partial charge in [-0.15, -0.1) is 0 Å². The van der Waals surface area contributed by atoms with Crippen molar-refractivity contribution in [3.8, 4) is 22.8 Å². The van der Waals surface area contributed by atoms with Gasteiger partial charge in [0.1, 0.15) is 0 Å². The second-order valence-corrected chi connectivity index (χ2v) is 4.92. The summed E-state index contributed by atoms with van der Waals surface area (Å²) >= 11 is 3.37. The molecule has 3 aromatic rings. The Bertz CT molecular complexity index is 733. The minimum Gasteiger partial charge on any atom is -0.398 e. The number of nitrogens with zero attached hydrogens (tertiary/aromatic N) is 4. The molecule has 3 rings (SSSR count). The molecule has 7 heteroatoms. The zero-order valence-corrected chi connectivity index (χ0v) is 11.6. The molecule has 2 N–H and O–H groups in total. The molecule has 2 aromatic heterocycles. The number of aromatic nitrogens is 4. The van der Waals surface area contributed by atoms with Gasteiger partial charge in [-0.25, -0.2) is 0 Å². The van der Waals surface area contributed by atoms with Crippen LogP contribution in [0.2, 0.25) is 0 Å². The second-order valence-electron chi connectivity index (χ2n) is 4.06. The van der Waals surface area contributed by atoms with Crippen molar-refractivity contribution in [2.24, 2.45) is 7.05 Å². The van der Waals surface area contributed by atoms with E-state index < -0.39 is 0 Å². The molecule has 0 aliphatic carbocycles. The number of nitrogens with two attached hydrogens (primary N) is 1. The Hall–Kier alpha value is -2.15. The monoisotopic (exact) mass is 319 g/mol. The fourth-order valence-corrected chi connectivity index (χ4v) is 2.03. The molecule has 6 nitrogen and oxygen atoms in total. The summed E-state index contributed by atoms with van der Waals surface area (Å²) in [6, 6.07) is 5.46. The molecular formula is C12H10BrN5O. The van der Waals surface area contributed by atoms with E-state index in [0.29, 0.717) is 17.4 Å². The maximum Gasteiger partial charge on any atom is 0.258 e. The van der Waals surface area contributed by atoms with E-state index in [4.69, 9.17) is 10.3 Å². The van der Waals surface area contributed by atoms with Crippen LogP contribution in [-0.2, 0) is 7.05 Å². The van der Waals surface area contributed by atoms with E-state index >= 15 is 0 Å². The summed E-state index contributed by atoms with van der Waals surface area (Å²) < 4.78 is 7.73. The van der Waals surface area contributed by atoms with Crippen LogP contribution in [0.15, 0.2) is 39.6 Å². The number of nitrogen functional groups attached to an aromatic ring is 1.